The second kappa shape index (κ2) is 11.7. The Balaban J connectivity index is 1.51. The van der Waals surface area contributed by atoms with E-state index in [9.17, 15) is 32.3 Å². The quantitative estimate of drug-likeness (QED) is 0.495. The second-order valence-corrected chi connectivity index (χ2v) is 8.11. The van der Waals surface area contributed by atoms with E-state index in [1.807, 2.05) is 6.92 Å². The topological polar surface area (TPSA) is 122 Å². The summed E-state index contributed by atoms with van der Waals surface area (Å²) < 4.78 is 43.9. The van der Waals surface area contributed by atoms with E-state index in [1.165, 1.54) is 35.0 Å². The van der Waals surface area contributed by atoms with Gasteiger partial charge in [0.1, 0.15) is 6.23 Å². The van der Waals surface area contributed by atoms with Gasteiger partial charge in [-0.25, -0.2) is 4.79 Å². The van der Waals surface area contributed by atoms with Gasteiger partial charge in [-0.05, 0) is 37.0 Å². The Morgan fingerprint density at radius 2 is 1.86 bits per heavy atom. The van der Waals surface area contributed by atoms with Crippen LogP contribution < -0.4 is 21.9 Å². The van der Waals surface area contributed by atoms with Gasteiger partial charge in [-0.2, -0.15) is 13.2 Å². The average Bonchev–Trinajstić information content (AvgIpc) is 3.32. The van der Waals surface area contributed by atoms with Crippen LogP contribution in [0, 0.1) is 11.8 Å². The summed E-state index contributed by atoms with van der Waals surface area (Å²) in [4.78, 5) is 49.6. The number of ether oxygens (including phenoxy) is 1. The van der Waals surface area contributed by atoms with Crippen molar-refractivity contribution in [2.75, 3.05) is 6.54 Å². The summed E-state index contributed by atoms with van der Waals surface area (Å²) in [7, 11) is 0. The van der Waals surface area contributed by atoms with E-state index in [2.05, 4.69) is 22.1 Å². The Kier molecular flexibility index (Phi) is 8.71. The van der Waals surface area contributed by atoms with E-state index in [1.54, 1.807) is 5.32 Å². The Bertz CT molecular complexity index is 1270. The molecule has 0 radical (unpaired) electrons. The minimum atomic E-state index is -4.96. The number of rotatable bonds is 7. The normalized spacial score (nSPS) is 17.2. The Morgan fingerprint density at radius 1 is 1.14 bits per heavy atom. The molecule has 0 unspecified atom stereocenters. The summed E-state index contributed by atoms with van der Waals surface area (Å²) in [6.45, 7) is 1.66. The molecule has 3 N–H and O–H groups in total. The summed E-state index contributed by atoms with van der Waals surface area (Å²) >= 11 is 0. The van der Waals surface area contributed by atoms with Gasteiger partial charge in [-0.1, -0.05) is 30.9 Å². The molecule has 2 heterocycles. The Hall–Kier alpha value is -3.85. The van der Waals surface area contributed by atoms with Crippen LogP contribution in [0.2, 0.25) is 0 Å². The zero-order chi connectivity index (χ0) is 26.3. The smallest absolute Gasteiger partial charge is 0.355 e. The first kappa shape index (κ1) is 26.7. The first-order chi connectivity index (χ1) is 17.1. The highest BCUT2D eigenvalue weighted by Crippen LogP contribution is 2.28. The molecule has 1 fully saturated rings. The molecule has 3 rings (SSSR count). The lowest BCUT2D eigenvalue weighted by Gasteiger charge is -2.15. The van der Waals surface area contributed by atoms with Crippen LogP contribution >= 0.6 is 0 Å². The summed E-state index contributed by atoms with van der Waals surface area (Å²) in [5.74, 6) is 3.02. The van der Waals surface area contributed by atoms with Crippen LogP contribution in [0.4, 0.5) is 13.2 Å². The van der Waals surface area contributed by atoms with Gasteiger partial charge in [0, 0.05) is 30.3 Å². The molecular weight excluding hydrogens is 481 g/mol. The number of H-pyrrole nitrogens is 1. The van der Waals surface area contributed by atoms with E-state index in [0.29, 0.717) is 17.5 Å². The lowest BCUT2D eigenvalue weighted by Crippen LogP contribution is -2.36. The van der Waals surface area contributed by atoms with Crippen molar-refractivity contribution in [3.05, 3.63) is 68.0 Å². The number of carbonyl (C=O) groups is 2. The van der Waals surface area contributed by atoms with Gasteiger partial charge < -0.3 is 15.4 Å². The predicted molar refractivity (Wildman–Crippen MR) is 123 cm³/mol. The summed E-state index contributed by atoms with van der Waals surface area (Å²) in [6, 6.07) is 5.67. The molecule has 1 aliphatic heterocycles. The summed E-state index contributed by atoms with van der Waals surface area (Å²) in [5.41, 5.74) is -0.132. The second-order valence-electron chi connectivity index (χ2n) is 8.11. The van der Waals surface area contributed by atoms with Gasteiger partial charge in [0.25, 0.3) is 11.5 Å². The monoisotopic (exact) mass is 506 g/mol. The number of hydrogen-bond acceptors (Lipinski definition) is 5. The maximum Gasteiger partial charge on any atom is 0.471 e. The maximum absolute atomic E-state index is 12.2. The molecule has 12 heteroatoms. The lowest BCUT2D eigenvalue weighted by atomic mass is 10.1. The van der Waals surface area contributed by atoms with Crippen molar-refractivity contribution in [3.63, 3.8) is 0 Å². The largest absolute Gasteiger partial charge is 0.471 e. The van der Waals surface area contributed by atoms with E-state index in [4.69, 9.17) is 4.74 Å². The summed E-state index contributed by atoms with van der Waals surface area (Å²) in [6.07, 6.45) is -1.46. The Morgan fingerprint density at radius 3 is 2.50 bits per heavy atom. The zero-order valence-electron chi connectivity index (χ0n) is 19.4. The standard InChI is InChI=1S/C24H25F3N4O5/c1-2-18-10-11-19(36-18)31-14-17(21(33)30-23(31)35)5-3-4-12-28-20(32)16-8-6-15(7-9-16)13-29-22(34)24(25,26)27/h6-9,14,18-19H,2,5,10-13H2,1H3,(H,28,32)(H,29,34)(H,30,33,35)/t18-,19-/m1/s1. The molecule has 36 heavy (non-hydrogen) atoms. The van der Waals surface area contributed by atoms with E-state index in [0.717, 1.165) is 12.8 Å². The fraction of sp³-hybridized carbons (Fsp3) is 0.417. The Labute approximate surface area is 204 Å². The van der Waals surface area contributed by atoms with Crippen LogP contribution in [0.5, 0.6) is 0 Å². The zero-order valence-corrected chi connectivity index (χ0v) is 19.4. The minimum Gasteiger partial charge on any atom is -0.355 e. The number of nitrogens with one attached hydrogen (secondary N) is 3. The summed E-state index contributed by atoms with van der Waals surface area (Å²) in [5, 5.41) is 4.32. The molecule has 0 aliphatic carbocycles. The molecular formula is C24H25F3N4O5. The van der Waals surface area contributed by atoms with Crippen LogP contribution in [0.3, 0.4) is 0 Å². The van der Waals surface area contributed by atoms with E-state index < -0.39 is 35.5 Å². The molecule has 0 spiro atoms. The molecule has 2 atom stereocenters. The van der Waals surface area contributed by atoms with Gasteiger partial charge in [0.2, 0.25) is 0 Å². The highest BCUT2D eigenvalue weighted by Gasteiger charge is 2.38. The van der Waals surface area contributed by atoms with Crippen molar-refractivity contribution in [2.24, 2.45) is 0 Å². The van der Waals surface area contributed by atoms with Crippen LogP contribution in [0.15, 0.2) is 40.1 Å². The number of hydrogen-bond donors (Lipinski definition) is 3. The first-order valence-electron chi connectivity index (χ1n) is 11.3. The molecule has 1 aliphatic rings. The average molecular weight is 506 g/mol. The molecule has 0 saturated carbocycles. The third-order valence-electron chi connectivity index (χ3n) is 5.56. The number of nitrogens with zero attached hydrogens (tertiary/aromatic N) is 1. The molecule has 1 saturated heterocycles. The van der Waals surface area contributed by atoms with Crippen molar-refractivity contribution in [2.45, 2.75) is 57.7 Å². The number of benzene rings is 1. The number of alkyl halides is 3. The molecule has 2 aromatic rings. The number of aromatic amines is 1. The number of carbonyl (C=O) groups excluding carboxylic acids is 2. The third-order valence-corrected chi connectivity index (χ3v) is 5.56. The number of amides is 2. The van der Waals surface area contributed by atoms with Gasteiger partial charge in [-0.15, -0.1) is 0 Å². The van der Waals surface area contributed by atoms with Gasteiger partial charge in [0.15, 0.2) is 0 Å². The third kappa shape index (κ3) is 7.08. The minimum absolute atomic E-state index is 0.0102. The maximum atomic E-state index is 12.2. The predicted octanol–water partition coefficient (Wildman–Crippen LogP) is 1.78. The number of halogens is 3. The van der Waals surface area contributed by atoms with Crippen LogP contribution in [0.1, 0.15) is 53.9 Å². The van der Waals surface area contributed by atoms with Crippen LogP contribution in [-0.4, -0.2) is 40.2 Å². The van der Waals surface area contributed by atoms with Crippen molar-refractivity contribution in [1.29, 1.82) is 0 Å². The highest BCUT2D eigenvalue weighted by molar-refractivity contribution is 5.94. The van der Waals surface area contributed by atoms with Crippen molar-refractivity contribution >= 4 is 11.8 Å². The molecule has 2 amide bonds. The molecule has 1 aromatic heterocycles. The van der Waals surface area contributed by atoms with Crippen LogP contribution in [-0.2, 0) is 22.5 Å². The fourth-order valence-electron chi connectivity index (χ4n) is 3.56. The SMILES string of the molecule is CC[C@@H]1CC[C@H](n2cc(CC#CCNC(=O)c3ccc(CNC(=O)C(F)(F)F)cc3)c(=O)[nH]c2=O)O1. The molecule has 1 aromatic carbocycles. The lowest BCUT2D eigenvalue weighted by molar-refractivity contribution is -0.173. The fourth-order valence-corrected chi connectivity index (χ4v) is 3.56. The molecule has 0 bridgehead atoms. The van der Waals surface area contributed by atoms with Crippen molar-refractivity contribution in [3.8, 4) is 11.8 Å². The van der Waals surface area contributed by atoms with Gasteiger partial charge in [0.05, 0.1) is 12.6 Å². The number of aromatic nitrogens is 2. The van der Waals surface area contributed by atoms with Crippen molar-refractivity contribution < 1.29 is 27.5 Å². The van der Waals surface area contributed by atoms with Crippen molar-refractivity contribution in [1.82, 2.24) is 20.2 Å². The van der Waals surface area contributed by atoms with Gasteiger partial charge in [-0.3, -0.25) is 23.9 Å². The molecule has 9 nitrogen and oxygen atoms in total. The van der Waals surface area contributed by atoms with E-state index >= 15 is 0 Å². The van der Waals surface area contributed by atoms with E-state index in [-0.39, 0.29) is 31.2 Å². The van der Waals surface area contributed by atoms with Gasteiger partial charge >= 0.3 is 17.8 Å². The highest BCUT2D eigenvalue weighted by atomic mass is 19.4. The molecule has 192 valence electrons. The van der Waals surface area contributed by atoms with Crippen LogP contribution in [0.25, 0.3) is 0 Å². The first-order valence-corrected chi connectivity index (χ1v) is 11.3.